The lowest BCUT2D eigenvalue weighted by molar-refractivity contribution is -0.117. The normalized spacial score (nSPS) is 15.1. The van der Waals surface area contributed by atoms with Crippen molar-refractivity contribution < 1.29 is 9.59 Å². The summed E-state index contributed by atoms with van der Waals surface area (Å²) in [4.78, 5) is 32.2. The predicted octanol–water partition coefficient (Wildman–Crippen LogP) is 5.40. The number of hydrogen-bond donors (Lipinski definition) is 2. The van der Waals surface area contributed by atoms with Gasteiger partial charge in [0.25, 0.3) is 5.91 Å². The number of nitrogens with one attached hydrogen (secondary N) is 2. The number of amides is 2. The predicted molar refractivity (Wildman–Crippen MR) is 134 cm³/mol. The zero-order valence-electron chi connectivity index (χ0n) is 20.5. The molecule has 2 amide bonds. The van der Waals surface area contributed by atoms with Gasteiger partial charge in [0.1, 0.15) is 0 Å². The molecule has 178 valence electrons. The molecule has 0 radical (unpaired) electrons. The van der Waals surface area contributed by atoms with Gasteiger partial charge in [0, 0.05) is 49.8 Å². The van der Waals surface area contributed by atoms with Crippen LogP contribution in [0.25, 0.3) is 0 Å². The van der Waals surface area contributed by atoms with Crippen molar-refractivity contribution in [1.82, 2.24) is 10.3 Å². The lowest BCUT2D eigenvalue weighted by Crippen LogP contribution is -2.32. The maximum atomic E-state index is 13.2. The van der Waals surface area contributed by atoms with Gasteiger partial charge in [-0.15, -0.1) is 0 Å². The van der Waals surface area contributed by atoms with E-state index >= 15 is 0 Å². The van der Waals surface area contributed by atoms with Crippen LogP contribution >= 0.6 is 0 Å². The van der Waals surface area contributed by atoms with Gasteiger partial charge in [-0.3, -0.25) is 14.6 Å². The van der Waals surface area contributed by atoms with Gasteiger partial charge >= 0.3 is 0 Å². The second-order valence-corrected chi connectivity index (χ2v) is 10.4. The quantitative estimate of drug-likeness (QED) is 0.564. The first-order valence-electron chi connectivity index (χ1n) is 12.1. The maximum absolute atomic E-state index is 13.2. The number of hydrogen-bond acceptors (Lipinski definition) is 4. The molecule has 33 heavy (non-hydrogen) atoms. The molecule has 0 bridgehead atoms. The van der Waals surface area contributed by atoms with Gasteiger partial charge in [0.15, 0.2) is 0 Å². The molecule has 1 unspecified atom stereocenters. The first-order chi connectivity index (χ1) is 15.7. The van der Waals surface area contributed by atoms with Gasteiger partial charge in [-0.1, -0.05) is 33.8 Å². The van der Waals surface area contributed by atoms with Crippen molar-refractivity contribution in [2.75, 3.05) is 23.3 Å². The van der Waals surface area contributed by atoms with Gasteiger partial charge in [0.2, 0.25) is 5.91 Å². The van der Waals surface area contributed by atoms with Crippen LogP contribution in [0.4, 0.5) is 11.4 Å². The van der Waals surface area contributed by atoms with E-state index in [9.17, 15) is 9.59 Å². The minimum absolute atomic E-state index is 0.0146. The standard InChI is InChI=1S/C27H38N4O2/c1-20(17-27(2,3)4)15-25(32)30-22-10-11-24(31-13-6-5-7-14-31)23(16-22)26(33)29-19-21-9-8-12-28-18-21/h8-12,16,18,20H,5-7,13-15,17,19H2,1-4H3,(H,29,33)(H,30,32). The van der Waals surface area contributed by atoms with Crippen molar-refractivity contribution in [3.05, 3.63) is 53.9 Å². The molecular formula is C27H38N4O2. The average molecular weight is 451 g/mol. The highest BCUT2D eigenvalue weighted by Gasteiger charge is 2.21. The Morgan fingerprint density at radius 3 is 2.55 bits per heavy atom. The van der Waals surface area contributed by atoms with Crippen LogP contribution in [-0.2, 0) is 11.3 Å². The Morgan fingerprint density at radius 1 is 1.12 bits per heavy atom. The van der Waals surface area contributed by atoms with Crippen LogP contribution in [0.5, 0.6) is 0 Å². The number of nitrogens with zero attached hydrogens (tertiary/aromatic N) is 2. The van der Waals surface area contributed by atoms with Gasteiger partial charge in [0.05, 0.1) is 5.56 Å². The molecule has 1 aliphatic heterocycles. The number of piperidine rings is 1. The molecule has 1 aromatic carbocycles. The smallest absolute Gasteiger partial charge is 0.253 e. The third-order valence-corrected chi connectivity index (χ3v) is 5.89. The third-order valence-electron chi connectivity index (χ3n) is 5.89. The SMILES string of the molecule is CC(CC(=O)Nc1ccc(N2CCCCC2)c(C(=O)NCc2cccnc2)c1)CC(C)(C)C. The molecule has 0 saturated carbocycles. The summed E-state index contributed by atoms with van der Waals surface area (Å²) in [6.45, 7) is 11.0. The largest absolute Gasteiger partial charge is 0.371 e. The summed E-state index contributed by atoms with van der Waals surface area (Å²) in [5, 5.41) is 6.03. The van der Waals surface area contributed by atoms with E-state index in [1.165, 1.54) is 6.42 Å². The average Bonchev–Trinajstić information content (AvgIpc) is 2.77. The van der Waals surface area contributed by atoms with Gasteiger partial charge in [-0.25, -0.2) is 0 Å². The van der Waals surface area contributed by atoms with Crippen molar-refractivity contribution >= 4 is 23.2 Å². The van der Waals surface area contributed by atoms with E-state index in [2.05, 4.69) is 48.2 Å². The van der Waals surface area contributed by atoms with Crippen LogP contribution in [0.15, 0.2) is 42.7 Å². The first-order valence-corrected chi connectivity index (χ1v) is 12.1. The van der Waals surface area contributed by atoms with Crippen LogP contribution in [0, 0.1) is 11.3 Å². The number of anilines is 2. The number of carbonyl (C=O) groups excluding carboxylic acids is 2. The lowest BCUT2D eigenvalue weighted by atomic mass is 9.84. The second-order valence-electron chi connectivity index (χ2n) is 10.4. The van der Waals surface area contributed by atoms with Crippen LogP contribution in [0.1, 0.15) is 75.7 Å². The zero-order valence-corrected chi connectivity index (χ0v) is 20.5. The fourth-order valence-corrected chi connectivity index (χ4v) is 4.63. The summed E-state index contributed by atoms with van der Waals surface area (Å²) in [6, 6.07) is 9.49. The van der Waals surface area contributed by atoms with E-state index in [0.717, 1.165) is 43.6 Å². The van der Waals surface area contributed by atoms with E-state index < -0.39 is 0 Å². The lowest BCUT2D eigenvalue weighted by Gasteiger charge is -2.30. The minimum Gasteiger partial charge on any atom is -0.371 e. The topological polar surface area (TPSA) is 74.3 Å². The van der Waals surface area contributed by atoms with Gasteiger partial charge < -0.3 is 15.5 Å². The minimum atomic E-state index is -0.142. The summed E-state index contributed by atoms with van der Waals surface area (Å²) < 4.78 is 0. The Bertz CT molecular complexity index is 931. The second kappa shape index (κ2) is 11.3. The molecule has 6 nitrogen and oxygen atoms in total. The molecule has 1 aromatic heterocycles. The highest BCUT2D eigenvalue weighted by molar-refractivity contribution is 6.02. The maximum Gasteiger partial charge on any atom is 0.253 e. The Morgan fingerprint density at radius 2 is 1.88 bits per heavy atom. The summed E-state index contributed by atoms with van der Waals surface area (Å²) in [5.74, 6) is 0.135. The molecule has 1 fully saturated rings. The molecule has 3 rings (SSSR count). The molecule has 2 aromatic rings. The fourth-order valence-electron chi connectivity index (χ4n) is 4.63. The Kier molecular flexibility index (Phi) is 8.48. The number of aromatic nitrogens is 1. The van der Waals surface area contributed by atoms with Crippen molar-refractivity contribution in [3.8, 4) is 0 Å². The first kappa shape index (κ1) is 24.7. The Hall–Kier alpha value is -2.89. The van der Waals surface area contributed by atoms with E-state index in [0.29, 0.717) is 30.1 Å². The monoisotopic (exact) mass is 450 g/mol. The molecule has 1 aliphatic rings. The highest BCUT2D eigenvalue weighted by Crippen LogP contribution is 2.29. The van der Waals surface area contributed by atoms with Crippen molar-refractivity contribution in [3.63, 3.8) is 0 Å². The molecule has 1 atom stereocenters. The van der Waals surface area contributed by atoms with Crippen molar-refractivity contribution in [1.29, 1.82) is 0 Å². The van der Waals surface area contributed by atoms with Crippen LogP contribution in [0.3, 0.4) is 0 Å². The number of carbonyl (C=O) groups is 2. The number of pyridine rings is 1. The summed E-state index contributed by atoms with van der Waals surface area (Å²) in [5.41, 5.74) is 3.33. The summed E-state index contributed by atoms with van der Waals surface area (Å²) >= 11 is 0. The summed E-state index contributed by atoms with van der Waals surface area (Å²) in [6.07, 6.45) is 8.39. The van der Waals surface area contributed by atoms with E-state index in [1.54, 1.807) is 12.4 Å². The molecular weight excluding hydrogens is 412 g/mol. The molecule has 0 aliphatic carbocycles. The van der Waals surface area contributed by atoms with Crippen molar-refractivity contribution in [2.24, 2.45) is 11.3 Å². The molecule has 6 heteroatoms. The van der Waals surface area contributed by atoms with Gasteiger partial charge in [-0.2, -0.15) is 0 Å². The number of benzene rings is 1. The molecule has 1 saturated heterocycles. The molecule has 2 heterocycles. The fraction of sp³-hybridized carbons (Fsp3) is 0.519. The van der Waals surface area contributed by atoms with Crippen LogP contribution in [-0.4, -0.2) is 29.9 Å². The third kappa shape index (κ3) is 7.88. The van der Waals surface area contributed by atoms with E-state index in [1.807, 2.05) is 30.3 Å². The number of rotatable bonds is 8. The Labute approximate surface area is 198 Å². The highest BCUT2D eigenvalue weighted by atomic mass is 16.2. The van der Waals surface area contributed by atoms with Gasteiger partial charge in [-0.05, 0) is 66.8 Å². The zero-order chi connectivity index (χ0) is 23.8. The van der Waals surface area contributed by atoms with E-state index in [-0.39, 0.29) is 17.2 Å². The molecule has 2 N–H and O–H groups in total. The van der Waals surface area contributed by atoms with Crippen molar-refractivity contribution in [2.45, 2.75) is 66.3 Å². The summed E-state index contributed by atoms with van der Waals surface area (Å²) in [7, 11) is 0. The van der Waals surface area contributed by atoms with E-state index in [4.69, 9.17) is 0 Å². The van der Waals surface area contributed by atoms with Crippen LogP contribution in [0.2, 0.25) is 0 Å². The molecule has 0 spiro atoms. The van der Waals surface area contributed by atoms with Crippen LogP contribution < -0.4 is 15.5 Å². The Balaban J connectivity index is 1.74.